The van der Waals surface area contributed by atoms with Crippen LogP contribution in [0.25, 0.3) is 11.3 Å². The highest BCUT2D eigenvalue weighted by Crippen LogP contribution is 2.23. The van der Waals surface area contributed by atoms with Gasteiger partial charge in [0.15, 0.2) is 0 Å². The predicted octanol–water partition coefficient (Wildman–Crippen LogP) is 4.04. The average molecular weight is 343 g/mol. The third kappa shape index (κ3) is 3.79. The molecule has 5 nitrogen and oxygen atoms in total. The SMILES string of the molecule is C=C(/C=C\N(N)c1ccncc1)C(=C)c1ccnn1-c1ccc(C)cc1. The Kier molecular flexibility index (Phi) is 5.10. The molecule has 0 unspecified atom stereocenters. The molecule has 0 fully saturated rings. The van der Waals surface area contributed by atoms with Crippen LogP contribution >= 0.6 is 0 Å². The van der Waals surface area contributed by atoms with Crippen molar-refractivity contribution in [3.8, 4) is 5.69 Å². The fourth-order valence-corrected chi connectivity index (χ4v) is 2.46. The van der Waals surface area contributed by atoms with Crippen LogP contribution in [0.2, 0.25) is 0 Å². The first-order valence-corrected chi connectivity index (χ1v) is 8.18. The summed E-state index contributed by atoms with van der Waals surface area (Å²) in [6.45, 7) is 10.3. The molecule has 2 aromatic heterocycles. The first kappa shape index (κ1) is 17.4. The Morgan fingerprint density at radius 2 is 1.73 bits per heavy atom. The molecule has 0 amide bonds. The largest absolute Gasteiger partial charge is 0.287 e. The van der Waals surface area contributed by atoms with Crippen molar-refractivity contribution in [2.45, 2.75) is 6.92 Å². The summed E-state index contributed by atoms with van der Waals surface area (Å²) in [5.41, 5.74) is 5.43. The molecule has 0 aliphatic rings. The van der Waals surface area contributed by atoms with Crippen LogP contribution in [0.4, 0.5) is 5.69 Å². The number of aryl methyl sites for hydroxylation is 1. The van der Waals surface area contributed by atoms with Crippen molar-refractivity contribution in [1.82, 2.24) is 14.8 Å². The Hall–Kier alpha value is -3.44. The summed E-state index contributed by atoms with van der Waals surface area (Å²) >= 11 is 0. The van der Waals surface area contributed by atoms with E-state index in [1.807, 2.05) is 41.1 Å². The summed E-state index contributed by atoms with van der Waals surface area (Å²) in [7, 11) is 0. The first-order valence-electron chi connectivity index (χ1n) is 8.18. The molecule has 0 aliphatic heterocycles. The van der Waals surface area contributed by atoms with Crippen molar-refractivity contribution in [2.75, 3.05) is 5.01 Å². The highest BCUT2D eigenvalue weighted by atomic mass is 15.4. The van der Waals surface area contributed by atoms with E-state index >= 15 is 0 Å². The highest BCUT2D eigenvalue weighted by molar-refractivity contribution is 5.78. The summed E-state index contributed by atoms with van der Waals surface area (Å²) in [5.74, 6) is 6.03. The molecule has 1 aromatic carbocycles. The van der Waals surface area contributed by atoms with Gasteiger partial charge in [0, 0.05) is 18.6 Å². The zero-order chi connectivity index (χ0) is 18.5. The van der Waals surface area contributed by atoms with Gasteiger partial charge in [-0.05, 0) is 54.5 Å². The van der Waals surface area contributed by atoms with Crippen LogP contribution in [0.5, 0.6) is 0 Å². The molecule has 0 saturated heterocycles. The van der Waals surface area contributed by atoms with Gasteiger partial charge in [0.05, 0.1) is 23.3 Å². The number of hydrazine groups is 1. The monoisotopic (exact) mass is 343 g/mol. The molecular formula is C21H21N5. The van der Waals surface area contributed by atoms with Crippen LogP contribution in [0.3, 0.4) is 0 Å². The van der Waals surface area contributed by atoms with E-state index in [2.05, 4.69) is 42.3 Å². The third-order valence-electron chi connectivity index (χ3n) is 4.02. The lowest BCUT2D eigenvalue weighted by atomic mass is 10.1. The van der Waals surface area contributed by atoms with Crippen LogP contribution in [0.15, 0.2) is 92.1 Å². The lowest BCUT2D eigenvalue weighted by Crippen LogP contribution is -2.23. The van der Waals surface area contributed by atoms with Crippen molar-refractivity contribution < 1.29 is 0 Å². The second-order valence-corrected chi connectivity index (χ2v) is 5.90. The van der Waals surface area contributed by atoms with E-state index in [-0.39, 0.29) is 0 Å². The molecule has 130 valence electrons. The van der Waals surface area contributed by atoms with Gasteiger partial charge in [-0.15, -0.1) is 0 Å². The number of aromatic nitrogens is 3. The number of hydrogen-bond donors (Lipinski definition) is 1. The Balaban J connectivity index is 1.77. The van der Waals surface area contributed by atoms with Gasteiger partial charge in [-0.25, -0.2) is 10.5 Å². The highest BCUT2D eigenvalue weighted by Gasteiger charge is 2.10. The summed E-state index contributed by atoms with van der Waals surface area (Å²) in [6.07, 6.45) is 8.71. The Bertz CT molecular complexity index is 936. The molecule has 0 saturated carbocycles. The molecule has 0 spiro atoms. The number of rotatable bonds is 6. The van der Waals surface area contributed by atoms with Crippen molar-refractivity contribution in [1.29, 1.82) is 0 Å². The van der Waals surface area contributed by atoms with Gasteiger partial charge in [0.2, 0.25) is 0 Å². The summed E-state index contributed by atoms with van der Waals surface area (Å²) < 4.78 is 1.85. The Morgan fingerprint density at radius 3 is 2.42 bits per heavy atom. The molecule has 0 aliphatic carbocycles. The minimum absolute atomic E-state index is 0.753. The molecule has 5 heteroatoms. The van der Waals surface area contributed by atoms with E-state index < -0.39 is 0 Å². The molecule has 0 atom stereocenters. The van der Waals surface area contributed by atoms with Crippen molar-refractivity contribution >= 4 is 11.3 Å². The zero-order valence-electron chi connectivity index (χ0n) is 14.7. The lowest BCUT2D eigenvalue weighted by Gasteiger charge is -2.14. The molecule has 0 bridgehead atoms. The van der Waals surface area contributed by atoms with Crippen molar-refractivity contribution in [3.05, 3.63) is 103 Å². The first-order chi connectivity index (χ1) is 12.6. The van der Waals surface area contributed by atoms with Crippen LogP contribution in [-0.4, -0.2) is 14.8 Å². The van der Waals surface area contributed by atoms with E-state index in [0.29, 0.717) is 0 Å². The summed E-state index contributed by atoms with van der Waals surface area (Å²) in [6, 6.07) is 13.7. The summed E-state index contributed by atoms with van der Waals surface area (Å²) in [4.78, 5) is 3.98. The maximum Gasteiger partial charge on any atom is 0.0740 e. The van der Waals surface area contributed by atoms with E-state index in [1.165, 1.54) is 10.6 Å². The average Bonchev–Trinajstić information content (AvgIpc) is 3.16. The van der Waals surface area contributed by atoms with Crippen LogP contribution in [-0.2, 0) is 0 Å². The van der Waals surface area contributed by atoms with E-state index in [1.54, 1.807) is 24.8 Å². The van der Waals surface area contributed by atoms with Gasteiger partial charge in [-0.1, -0.05) is 30.9 Å². The van der Waals surface area contributed by atoms with Gasteiger partial charge < -0.3 is 0 Å². The van der Waals surface area contributed by atoms with Gasteiger partial charge in [-0.2, -0.15) is 5.10 Å². The molecule has 2 heterocycles. The minimum Gasteiger partial charge on any atom is -0.287 e. The molecular weight excluding hydrogens is 322 g/mol. The molecule has 0 radical (unpaired) electrons. The topological polar surface area (TPSA) is 60.0 Å². The molecule has 2 N–H and O–H groups in total. The fourth-order valence-electron chi connectivity index (χ4n) is 2.46. The van der Waals surface area contributed by atoms with E-state index in [0.717, 1.165) is 28.2 Å². The Morgan fingerprint density at radius 1 is 1.04 bits per heavy atom. The number of anilines is 1. The van der Waals surface area contributed by atoms with Gasteiger partial charge in [-0.3, -0.25) is 9.99 Å². The number of nitrogens with two attached hydrogens (primary N) is 1. The van der Waals surface area contributed by atoms with E-state index in [4.69, 9.17) is 5.84 Å². The molecule has 26 heavy (non-hydrogen) atoms. The standard InChI is InChI=1S/C21H21N5/c1-16-4-6-20(7-5-16)26-21(10-14-24-26)18(3)17(2)11-15-25(22)19-8-12-23-13-9-19/h4-15H,2-3,22H2,1H3/b15-11-. The molecule has 3 rings (SSSR count). The lowest BCUT2D eigenvalue weighted by molar-refractivity contribution is 0.867. The number of benzene rings is 1. The normalized spacial score (nSPS) is 10.8. The minimum atomic E-state index is 0.753. The third-order valence-corrected chi connectivity index (χ3v) is 4.02. The zero-order valence-corrected chi connectivity index (χ0v) is 14.7. The fraction of sp³-hybridized carbons (Fsp3) is 0.0476. The van der Waals surface area contributed by atoms with Crippen LogP contribution in [0.1, 0.15) is 11.3 Å². The number of hydrogen-bond acceptors (Lipinski definition) is 4. The smallest absolute Gasteiger partial charge is 0.0740 e. The summed E-state index contributed by atoms with van der Waals surface area (Å²) in [5, 5.41) is 5.92. The van der Waals surface area contributed by atoms with Gasteiger partial charge in [0.1, 0.15) is 0 Å². The number of allylic oxidation sites excluding steroid dienone is 3. The maximum absolute atomic E-state index is 6.03. The van der Waals surface area contributed by atoms with Crippen molar-refractivity contribution in [2.24, 2.45) is 5.84 Å². The number of nitrogens with zero attached hydrogens (tertiary/aromatic N) is 4. The van der Waals surface area contributed by atoms with Crippen LogP contribution in [0, 0.1) is 6.92 Å². The van der Waals surface area contributed by atoms with E-state index in [9.17, 15) is 0 Å². The molecule has 3 aromatic rings. The second-order valence-electron chi connectivity index (χ2n) is 5.90. The predicted molar refractivity (Wildman–Crippen MR) is 107 cm³/mol. The maximum atomic E-state index is 6.03. The Labute approximate surface area is 153 Å². The van der Waals surface area contributed by atoms with Gasteiger partial charge in [0.25, 0.3) is 0 Å². The van der Waals surface area contributed by atoms with Crippen molar-refractivity contribution in [3.63, 3.8) is 0 Å². The van der Waals surface area contributed by atoms with Gasteiger partial charge >= 0.3 is 0 Å². The number of pyridine rings is 1. The van der Waals surface area contributed by atoms with Crippen LogP contribution < -0.4 is 10.9 Å². The quantitative estimate of drug-likeness (QED) is 0.417. The second kappa shape index (κ2) is 7.63.